The number of thiophene rings is 1. The van der Waals surface area contributed by atoms with Gasteiger partial charge in [0, 0.05) is 17.3 Å². The Morgan fingerprint density at radius 3 is 2.70 bits per heavy atom. The minimum absolute atomic E-state index is 0.139. The highest BCUT2D eigenvalue weighted by Gasteiger charge is 2.37. The Kier molecular flexibility index (Phi) is 4.79. The van der Waals surface area contributed by atoms with Crippen molar-refractivity contribution in [3.63, 3.8) is 0 Å². The van der Waals surface area contributed by atoms with Crippen LogP contribution < -0.4 is 5.73 Å². The molecule has 0 radical (unpaired) electrons. The van der Waals surface area contributed by atoms with Crippen molar-refractivity contribution < 1.29 is 5.11 Å². The Hall–Kier alpha value is -0.380. The van der Waals surface area contributed by atoms with E-state index >= 15 is 0 Å². The van der Waals surface area contributed by atoms with Crippen LogP contribution in [0.15, 0.2) is 17.5 Å². The van der Waals surface area contributed by atoms with E-state index in [1.54, 1.807) is 11.3 Å². The second-order valence-corrected chi connectivity index (χ2v) is 7.71. The number of hydrogen-bond acceptors (Lipinski definition) is 3. The number of hydrogen-bond donors (Lipinski definition) is 2. The molecule has 1 aromatic rings. The third-order valence-electron chi connectivity index (χ3n) is 5.64. The SMILES string of the molecule is NCC(c1cccs1)C(O)C1CCC2CCCCC2C1. The number of nitrogens with two attached hydrogens (primary N) is 1. The van der Waals surface area contributed by atoms with Gasteiger partial charge in [-0.3, -0.25) is 0 Å². The van der Waals surface area contributed by atoms with Crippen molar-refractivity contribution in [1.29, 1.82) is 0 Å². The molecule has 3 rings (SSSR count). The van der Waals surface area contributed by atoms with Crippen LogP contribution >= 0.6 is 11.3 Å². The summed E-state index contributed by atoms with van der Waals surface area (Å²) in [5.41, 5.74) is 5.95. The second-order valence-electron chi connectivity index (χ2n) is 6.73. The number of fused-ring (bicyclic) bond motifs is 1. The molecule has 1 aromatic heterocycles. The van der Waals surface area contributed by atoms with Gasteiger partial charge in [-0.2, -0.15) is 0 Å². The first-order valence-corrected chi connectivity index (χ1v) is 9.09. The maximum absolute atomic E-state index is 10.8. The average molecular weight is 293 g/mol. The monoisotopic (exact) mass is 293 g/mol. The molecule has 2 aliphatic carbocycles. The van der Waals surface area contributed by atoms with Gasteiger partial charge in [0.2, 0.25) is 0 Å². The average Bonchev–Trinajstić information content (AvgIpc) is 3.01. The number of aliphatic hydroxyl groups is 1. The Bertz CT molecular complexity index is 405. The Labute approximate surface area is 126 Å². The van der Waals surface area contributed by atoms with Crippen molar-refractivity contribution in [2.45, 2.75) is 57.0 Å². The number of aliphatic hydroxyl groups excluding tert-OH is 1. The first-order chi connectivity index (χ1) is 9.79. The fourth-order valence-electron chi connectivity index (χ4n) is 4.47. The van der Waals surface area contributed by atoms with Crippen molar-refractivity contribution in [3.8, 4) is 0 Å². The minimum atomic E-state index is -0.249. The van der Waals surface area contributed by atoms with Crippen LogP contribution in [0.1, 0.15) is 55.7 Å². The third kappa shape index (κ3) is 2.95. The normalized spacial score (nSPS) is 33.4. The zero-order valence-electron chi connectivity index (χ0n) is 12.2. The molecule has 5 atom stereocenters. The van der Waals surface area contributed by atoms with Crippen LogP contribution in [0, 0.1) is 17.8 Å². The Balaban J connectivity index is 1.66. The van der Waals surface area contributed by atoms with Gasteiger partial charge in [-0.15, -0.1) is 11.3 Å². The lowest BCUT2D eigenvalue weighted by Crippen LogP contribution is -2.38. The molecule has 2 nitrogen and oxygen atoms in total. The Morgan fingerprint density at radius 2 is 2.00 bits per heavy atom. The van der Waals surface area contributed by atoms with E-state index in [4.69, 9.17) is 5.73 Å². The van der Waals surface area contributed by atoms with E-state index in [2.05, 4.69) is 17.5 Å². The molecule has 0 bridgehead atoms. The van der Waals surface area contributed by atoms with E-state index in [1.807, 2.05) is 0 Å². The van der Waals surface area contributed by atoms with E-state index < -0.39 is 0 Å². The van der Waals surface area contributed by atoms with Crippen LogP contribution in [0.3, 0.4) is 0 Å². The van der Waals surface area contributed by atoms with Crippen LogP contribution in [0.4, 0.5) is 0 Å². The zero-order chi connectivity index (χ0) is 13.9. The summed E-state index contributed by atoms with van der Waals surface area (Å²) in [7, 11) is 0. The van der Waals surface area contributed by atoms with Gasteiger partial charge in [-0.05, 0) is 48.5 Å². The van der Waals surface area contributed by atoms with Crippen molar-refractivity contribution in [2.24, 2.45) is 23.5 Å². The maximum atomic E-state index is 10.8. The van der Waals surface area contributed by atoms with E-state index in [9.17, 15) is 5.11 Å². The third-order valence-corrected chi connectivity index (χ3v) is 6.64. The van der Waals surface area contributed by atoms with Crippen molar-refractivity contribution in [1.82, 2.24) is 0 Å². The lowest BCUT2D eigenvalue weighted by molar-refractivity contribution is 0.0220. The molecule has 20 heavy (non-hydrogen) atoms. The minimum Gasteiger partial charge on any atom is -0.392 e. The van der Waals surface area contributed by atoms with Gasteiger partial charge >= 0.3 is 0 Å². The molecule has 0 aliphatic heterocycles. The predicted molar refractivity (Wildman–Crippen MR) is 84.9 cm³/mol. The quantitative estimate of drug-likeness (QED) is 0.888. The van der Waals surface area contributed by atoms with Crippen LogP contribution in [0.5, 0.6) is 0 Å². The van der Waals surface area contributed by atoms with E-state index in [1.165, 1.54) is 49.8 Å². The summed E-state index contributed by atoms with van der Waals surface area (Å²) in [6.45, 7) is 0.562. The molecule has 2 saturated carbocycles. The van der Waals surface area contributed by atoms with E-state index in [-0.39, 0.29) is 12.0 Å². The highest BCUT2D eigenvalue weighted by molar-refractivity contribution is 7.10. The smallest absolute Gasteiger partial charge is 0.0657 e. The maximum Gasteiger partial charge on any atom is 0.0657 e. The molecular formula is C17H27NOS. The molecule has 112 valence electrons. The molecule has 3 N–H and O–H groups in total. The first kappa shape index (κ1) is 14.6. The summed E-state index contributed by atoms with van der Waals surface area (Å²) in [4.78, 5) is 1.26. The van der Waals surface area contributed by atoms with Crippen molar-refractivity contribution >= 4 is 11.3 Å². The van der Waals surface area contributed by atoms with Crippen molar-refractivity contribution in [3.05, 3.63) is 22.4 Å². The molecule has 1 heterocycles. The highest BCUT2D eigenvalue weighted by atomic mass is 32.1. The lowest BCUT2D eigenvalue weighted by Gasteiger charge is -2.42. The first-order valence-electron chi connectivity index (χ1n) is 8.21. The second kappa shape index (κ2) is 6.59. The summed E-state index contributed by atoms with van der Waals surface area (Å²) < 4.78 is 0. The van der Waals surface area contributed by atoms with Gasteiger partial charge in [-0.1, -0.05) is 31.7 Å². The molecule has 0 aromatic carbocycles. The number of rotatable bonds is 4. The molecule has 3 heteroatoms. The van der Waals surface area contributed by atoms with Gasteiger partial charge in [0.25, 0.3) is 0 Å². The standard InChI is InChI=1S/C17H27NOS/c18-11-15(16-6-3-9-20-16)17(19)14-8-7-12-4-1-2-5-13(12)10-14/h3,6,9,12-15,17,19H,1-2,4-5,7-8,10-11,18H2. The topological polar surface area (TPSA) is 46.2 Å². The Morgan fingerprint density at radius 1 is 1.20 bits per heavy atom. The fraction of sp³-hybridized carbons (Fsp3) is 0.765. The predicted octanol–water partition coefficient (Wildman–Crippen LogP) is 3.76. The molecule has 2 aliphatic rings. The van der Waals surface area contributed by atoms with Crippen LogP contribution in [0.25, 0.3) is 0 Å². The lowest BCUT2D eigenvalue weighted by atomic mass is 9.65. The van der Waals surface area contributed by atoms with Crippen LogP contribution in [-0.2, 0) is 0 Å². The molecule has 0 spiro atoms. The van der Waals surface area contributed by atoms with E-state index in [0.29, 0.717) is 12.5 Å². The largest absolute Gasteiger partial charge is 0.392 e. The van der Waals surface area contributed by atoms with Crippen molar-refractivity contribution in [2.75, 3.05) is 6.54 Å². The molecule has 0 saturated heterocycles. The highest BCUT2D eigenvalue weighted by Crippen LogP contribution is 2.45. The van der Waals surface area contributed by atoms with Gasteiger partial charge in [0.1, 0.15) is 0 Å². The van der Waals surface area contributed by atoms with Gasteiger partial charge in [-0.25, -0.2) is 0 Å². The van der Waals surface area contributed by atoms with Gasteiger partial charge < -0.3 is 10.8 Å². The molecule has 5 unspecified atom stereocenters. The van der Waals surface area contributed by atoms with Gasteiger partial charge in [0.15, 0.2) is 0 Å². The summed E-state index contributed by atoms with van der Waals surface area (Å²) in [6, 6.07) is 4.19. The van der Waals surface area contributed by atoms with Gasteiger partial charge in [0.05, 0.1) is 6.10 Å². The summed E-state index contributed by atoms with van der Waals surface area (Å²) in [6.07, 6.45) is 9.15. The molecule has 0 amide bonds. The van der Waals surface area contributed by atoms with Crippen LogP contribution in [-0.4, -0.2) is 17.8 Å². The van der Waals surface area contributed by atoms with Crippen LogP contribution in [0.2, 0.25) is 0 Å². The summed E-state index contributed by atoms with van der Waals surface area (Å²) in [5.74, 6) is 2.43. The van der Waals surface area contributed by atoms with E-state index in [0.717, 1.165) is 11.8 Å². The zero-order valence-corrected chi connectivity index (χ0v) is 13.0. The molecule has 2 fully saturated rings. The molecular weight excluding hydrogens is 266 g/mol. The fourth-order valence-corrected chi connectivity index (χ4v) is 5.36. The summed E-state index contributed by atoms with van der Waals surface area (Å²) in [5, 5.41) is 12.9. The summed E-state index contributed by atoms with van der Waals surface area (Å²) >= 11 is 1.73.